The third kappa shape index (κ3) is 2.53. The summed E-state index contributed by atoms with van der Waals surface area (Å²) in [5.41, 5.74) is 6.36. The average molecular weight is 281 g/mol. The van der Waals surface area contributed by atoms with Gasteiger partial charge in [0.2, 0.25) is 5.88 Å². The molecule has 5 nitrogen and oxygen atoms in total. The van der Waals surface area contributed by atoms with Gasteiger partial charge in [-0.1, -0.05) is 0 Å². The zero-order chi connectivity index (χ0) is 11.4. The fourth-order valence-electron chi connectivity index (χ4n) is 1.15. The lowest BCUT2D eigenvalue weighted by atomic mass is 10.3. The molecule has 2 N–H and O–H groups in total. The minimum absolute atomic E-state index is 0.353. The van der Waals surface area contributed by atoms with Gasteiger partial charge in [0.15, 0.2) is 0 Å². The first-order valence-electron chi connectivity index (χ1n) is 4.58. The number of halogens is 1. The molecule has 2 heterocycles. The molecule has 2 aromatic heterocycles. The number of nitrogens with zero attached hydrogens (tertiary/aromatic N) is 3. The van der Waals surface area contributed by atoms with Crippen molar-refractivity contribution in [2.45, 2.75) is 6.54 Å². The van der Waals surface area contributed by atoms with E-state index < -0.39 is 0 Å². The molecular formula is C10H9BrN4O. The van der Waals surface area contributed by atoms with Gasteiger partial charge in [-0.2, -0.15) is 5.10 Å². The van der Waals surface area contributed by atoms with E-state index in [9.17, 15) is 0 Å². The summed E-state index contributed by atoms with van der Waals surface area (Å²) in [4.78, 5) is 3.98. The van der Waals surface area contributed by atoms with Gasteiger partial charge in [-0.05, 0) is 28.1 Å². The van der Waals surface area contributed by atoms with Crippen LogP contribution in [0.15, 0.2) is 35.2 Å². The number of aromatic nitrogens is 3. The van der Waals surface area contributed by atoms with Crippen molar-refractivity contribution < 1.29 is 4.74 Å². The summed E-state index contributed by atoms with van der Waals surface area (Å²) >= 11 is 3.31. The molecule has 0 aromatic carbocycles. The number of ether oxygens (including phenoxy) is 1. The third-order valence-corrected chi connectivity index (χ3v) is 2.31. The summed E-state index contributed by atoms with van der Waals surface area (Å²) in [6.45, 7) is 0.353. The molecule has 2 rings (SSSR count). The second kappa shape index (κ2) is 5.00. The molecule has 2 aromatic rings. The van der Waals surface area contributed by atoms with Crippen LogP contribution in [-0.2, 0) is 6.54 Å². The predicted molar refractivity (Wildman–Crippen MR) is 61.9 cm³/mol. The molecule has 0 aliphatic carbocycles. The van der Waals surface area contributed by atoms with Gasteiger partial charge < -0.3 is 10.5 Å². The zero-order valence-electron chi connectivity index (χ0n) is 8.30. The Bertz CT molecular complexity index is 492. The Hall–Kier alpha value is -1.53. The molecule has 0 aliphatic heterocycles. The van der Waals surface area contributed by atoms with Gasteiger partial charge in [0.1, 0.15) is 5.75 Å². The Morgan fingerprint density at radius 3 is 3.00 bits per heavy atom. The lowest BCUT2D eigenvalue weighted by Gasteiger charge is -2.06. The van der Waals surface area contributed by atoms with E-state index in [4.69, 9.17) is 10.5 Å². The van der Waals surface area contributed by atoms with Crippen molar-refractivity contribution in [2.24, 2.45) is 5.73 Å². The molecule has 0 saturated heterocycles. The highest BCUT2D eigenvalue weighted by molar-refractivity contribution is 9.10. The van der Waals surface area contributed by atoms with Gasteiger partial charge >= 0.3 is 0 Å². The van der Waals surface area contributed by atoms with Crippen LogP contribution >= 0.6 is 15.9 Å². The topological polar surface area (TPSA) is 73.9 Å². The van der Waals surface area contributed by atoms with Crippen LogP contribution in [0.3, 0.4) is 0 Å². The largest absolute Gasteiger partial charge is 0.436 e. The van der Waals surface area contributed by atoms with E-state index in [1.54, 1.807) is 30.7 Å². The smallest absolute Gasteiger partial charge is 0.243 e. The minimum Gasteiger partial charge on any atom is -0.436 e. The van der Waals surface area contributed by atoms with Crippen LogP contribution in [0.1, 0.15) is 5.56 Å². The van der Waals surface area contributed by atoms with Crippen LogP contribution in [0.2, 0.25) is 0 Å². The standard InChI is InChI=1S/C10H9BrN4O/c11-8-3-9(6-13-5-8)16-10-7(4-12)1-2-14-15-10/h1-3,5-6H,4,12H2. The highest BCUT2D eigenvalue weighted by Crippen LogP contribution is 2.23. The Balaban J connectivity index is 2.26. The minimum atomic E-state index is 0.353. The molecule has 0 amide bonds. The fraction of sp³-hybridized carbons (Fsp3) is 0.100. The van der Waals surface area contributed by atoms with Crippen LogP contribution in [0, 0.1) is 0 Å². The highest BCUT2D eigenvalue weighted by Gasteiger charge is 2.05. The van der Waals surface area contributed by atoms with Crippen LogP contribution in [0.25, 0.3) is 0 Å². The van der Waals surface area contributed by atoms with Crippen molar-refractivity contribution in [1.29, 1.82) is 0 Å². The number of hydrogen-bond acceptors (Lipinski definition) is 5. The van der Waals surface area contributed by atoms with E-state index in [2.05, 4.69) is 31.1 Å². The van der Waals surface area contributed by atoms with Crippen molar-refractivity contribution in [3.05, 3.63) is 40.8 Å². The van der Waals surface area contributed by atoms with E-state index >= 15 is 0 Å². The zero-order valence-corrected chi connectivity index (χ0v) is 9.89. The van der Waals surface area contributed by atoms with E-state index in [-0.39, 0.29) is 0 Å². The van der Waals surface area contributed by atoms with Crippen molar-refractivity contribution >= 4 is 15.9 Å². The van der Waals surface area contributed by atoms with Gasteiger partial charge in [0.05, 0.1) is 12.4 Å². The summed E-state index contributed by atoms with van der Waals surface area (Å²) in [5, 5.41) is 7.63. The fourth-order valence-corrected chi connectivity index (χ4v) is 1.49. The van der Waals surface area contributed by atoms with Crippen LogP contribution in [0.5, 0.6) is 11.6 Å². The molecule has 6 heteroatoms. The first-order valence-corrected chi connectivity index (χ1v) is 5.38. The van der Waals surface area contributed by atoms with E-state index in [0.29, 0.717) is 18.2 Å². The summed E-state index contributed by atoms with van der Waals surface area (Å²) in [6.07, 6.45) is 4.85. The molecule has 0 atom stereocenters. The quantitative estimate of drug-likeness (QED) is 0.929. The molecule has 0 spiro atoms. The van der Waals surface area contributed by atoms with Crippen molar-refractivity contribution in [3.8, 4) is 11.6 Å². The molecular weight excluding hydrogens is 272 g/mol. The van der Waals surface area contributed by atoms with Crippen LogP contribution in [0.4, 0.5) is 0 Å². The maximum absolute atomic E-state index is 5.56. The highest BCUT2D eigenvalue weighted by atomic mass is 79.9. The Morgan fingerprint density at radius 1 is 1.38 bits per heavy atom. The molecule has 0 aliphatic rings. The third-order valence-electron chi connectivity index (χ3n) is 1.88. The maximum atomic E-state index is 5.56. The normalized spacial score (nSPS) is 10.1. The molecule has 0 fully saturated rings. The lowest BCUT2D eigenvalue weighted by molar-refractivity contribution is 0.446. The van der Waals surface area contributed by atoms with Gasteiger partial charge in [-0.15, -0.1) is 5.10 Å². The van der Waals surface area contributed by atoms with Crippen LogP contribution in [-0.4, -0.2) is 15.2 Å². The molecule has 0 saturated carbocycles. The van der Waals surface area contributed by atoms with Gasteiger partial charge in [-0.25, -0.2) is 0 Å². The number of nitrogens with two attached hydrogens (primary N) is 1. The number of hydrogen-bond donors (Lipinski definition) is 1. The van der Waals surface area contributed by atoms with Gasteiger partial charge in [0.25, 0.3) is 0 Å². The first-order chi connectivity index (χ1) is 7.79. The second-order valence-electron chi connectivity index (χ2n) is 3.01. The van der Waals surface area contributed by atoms with E-state index in [0.717, 1.165) is 10.0 Å². The average Bonchev–Trinajstić information content (AvgIpc) is 2.30. The Morgan fingerprint density at radius 2 is 2.25 bits per heavy atom. The molecule has 0 radical (unpaired) electrons. The van der Waals surface area contributed by atoms with Crippen molar-refractivity contribution in [1.82, 2.24) is 15.2 Å². The van der Waals surface area contributed by atoms with Crippen LogP contribution < -0.4 is 10.5 Å². The van der Waals surface area contributed by atoms with Gasteiger partial charge in [0, 0.05) is 22.8 Å². The molecule has 82 valence electrons. The molecule has 0 unspecified atom stereocenters. The van der Waals surface area contributed by atoms with E-state index in [1.807, 2.05) is 0 Å². The predicted octanol–water partition coefficient (Wildman–Crippen LogP) is 1.89. The summed E-state index contributed by atoms with van der Waals surface area (Å²) in [7, 11) is 0. The summed E-state index contributed by atoms with van der Waals surface area (Å²) in [6, 6.07) is 3.57. The van der Waals surface area contributed by atoms with E-state index in [1.165, 1.54) is 0 Å². The van der Waals surface area contributed by atoms with Crippen molar-refractivity contribution in [2.75, 3.05) is 0 Å². The van der Waals surface area contributed by atoms with Gasteiger partial charge in [-0.3, -0.25) is 4.98 Å². The van der Waals surface area contributed by atoms with Crippen molar-refractivity contribution in [3.63, 3.8) is 0 Å². The molecule has 0 bridgehead atoms. The number of pyridine rings is 1. The number of rotatable bonds is 3. The second-order valence-corrected chi connectivity index (χ2v) is 3.92. The molecule has 16 heavy (non-hydrogen) atoms. The Kier molecular flexibility index (Phi) is 3.43. The summed E-state index contributed by atoms with van der Waals surface area (Å²) in [5.74, 6) is 0.995. The lowest BCUT2D eigenvalue weighted by Crippen LogP contribution is -2.02. The SMILES string of the molecule is NCc1ccnnc1Oc1cncc(Br)c1. The maximum Gasteiger partial charge on any atom is 0.243 e. The monoisotopic (exact) mass is 280 g/mol. The first kappa shape index (κ1) is 11.0. The Labute approximate surface area is 101 Å². The summed E-state index contributed by atoms with van der Waals surface area (Å²) < 4.78 is 6.37.